The molecule has 2 aliphatic rings. The van der Waals surface area contributed by atoms with Gasteiger partial charge in [-0.2, -0.15) is 0 Å². The third-order valence-electron chi connectivity index (χ3n) is 8.34. The molecule has 0 heterocycles. The molecule has 0 aromatic heterocycles. The summed E-state index contributed by atoms with van der Waals surface area (Å²) in [6.45, 7) is 2.29. The fraction of sp³-hybridized carbons (Fsp3) is 0.171. The van der Waals surface area contributed by atoms with Crippen LogP contribution in [0.3, 0.4) is 0 Å². The first-order chi connectivity index (χ1) is 20.6. The Balaban J connectivity index is 0.000000153. The molecule has 0 spiro atoms. The van der Waals surface area contributed by atoms with E-state index in [0.717, 1.165) is 35.4 Å². The summed E-state index contributed by atoms with van der Waals surface area (Å²) < 4.78 is 5.46. The molecule has 43 heavy (non-hydrogen) atoms. The minimum atomic E-state index is -1.59. The zero-order valence-corrected chi connectivity index (χ0v) is 23.5. The summed E-state index contributed by atoms with van der Waals surface area (Å²) in [5, 5.41) is 43.5. The van der Waals surface area contributed by atoms with Crippen LogP contribution < -0.4 is 4.74 Å². The monoisotopic (exact) mass is 576 g/mol. The van der Waals surface area contributed by atoms with Crippen molar-refractivity contribution in [3.8, 4) is 23.0 Å². The zero-order valence-electron chi connectivity index (χ0n) is 23.5. The van der Waals surface area contributed by atoms with Crippen molar-refractivity contribution in [2.75, 3.05) is 7.11 Å². The van der Waals surface area contributed by atoms with Gasteiger partial charge in [-0.1, -0.05) is 43.3 Å². The molecule has 1 atom stereocenters. The van der Waals surface area contributed by atoms with Crippen molar-refractivity contribution in [2.45, 2.75) is 26.2 Å². The van der Waals surface area contributed by atoms with Gasteiger partial charge in [-0.05, 0) is 77.4 Å². The summed E-state index contributed by atoms with van der Waals surface area (Å²) >= 11 is 0. The molecule has 216 valence electrons. The Kier molecular flexibility index (Phi) is 6.77. The number of rotatable bonds is 2. The Morgan fingerprint density at radius 3 is 2.23 bits per heavy atom. The van der Waals surface area contributed by atoms with Crippen molar-refractivity contribution in [3.63, 3.8) is 0 Å². The molecule has 0 saturated heterocycles. The van der Waals surface area contributed by atoms with Crippen LogP contribution in [0.1, 0.15) is 66.7 Å². The highest BCUT2D eigenvalue weighted by atomic mass is 16.5. The second-order valence-corrected chi connectivity index (χ2v) is 11.0. The maximum Gasteiger partial charge on any atom is 0.343 e. The summed E-state index contributed by atoms with van der Waals surface area (Å²) in [4.78, 5) is 35.7. The normalized spacial score (nSPS) is 15.3. The van der Waals surface area contributed by atoms with E-state index >= 15 is 0 Å². The molecule has 2 aliphatic carbocycles. The van der Waals surface area contributed by atoms with Crippen molar-refractivity contribution in [1.29, 1.82) is 0 Å². The molecule has 0 fully saturated rings. The van der Waals surface area contributed by atoms with Gasteiger partial charge in [0.05, 0.1) is 12.7 Å². The fourth-order valence-corrected chi connectivity index (χ4v) is 6.22. The number of fused-ring (bicyclic) bond motifs is 6. The number of carboxylic acids is 1. The number of methoxy groups -OCH3 is 1. The highest BCUT2D eigenvalue weighted by molar-refractivity contribution is 6.30. The van der Waals surface area contributed by atoms with Gasteiger partial charge >= 0.3 is 5.97 Å². The van der Waals surface area contributed by atoms with Crippen LogP contribution in [0.15, 0.2) is 66.7 Å². The summed E-state index contributed by atoms with van der Waals surface area (Å²) in [5.74, 6) is -2.52. The number of carbonyl (C=O) groups excluding carboxylic acids is 2. The molecule has 0 radical (unpaired) electrons. The van der Waals surface area contributed by atoms with Crippen LogP contribution in [0.2, 0.25) is 0 Å². The smallest absolute Gasteiger partial charge is 0.343 e. The first-order valence-electron chi connectivity index (χ1n) is 13.9. The number of hydrogen-bond donors (Lipinski definition) is 4. The lowest BCUT2D eigenvalue weighted by molar-refractivity contribution is 0.0689. The Bertz CT molecular complexity index is 2010. The largest absolute Gasteiger partial charge is 0.507 e. The first-order valence-corrected chi connectivity index (χ1v) is 13.9. The molecule has 7 rings (SSSR count). The second kappa shape index (κ2) is 10.5. The third-order valence-corrected chi connectivity index (χ3v) is 8.34. The molecule has 8 nitrogen and oxygen atoms in total. The predicted molar refractivity (Wildman–Crippen MR) is 161 cm³/mol. The van der Waals surface area contributed by atoms with Gasteiger partial charge in [0.15, 0.2) is 11.6 Å². The van der Waals surface area contributed by atoms with Gasteiger partial charge in [-0.3, -0.25) is 9.59 Å². The lowest BCUT2D eigenvalue weighted by Crippen LogP contribution is -2.21. The highest BCUT2D eigenvalue weighted by Gasteiger charge is 2.35. The van der Waals surface area contributed by atoms with Crippen LogP contribution in [-0.4, -0.2) is 45.1 Å². The topological polar surface area (TPSA) is 141 Å². The molecule has 0 saturated carbocycles. The molecule has 0 aliphatic heterocycles. The Labute approximate surface area is 246 Å². The van der Waals surface area contributed by atoms with Crippen LogP contribution in [0.5, 0.6) is 23.0 Å². The van der Waals surface area contributed by atoms with Gasteiger partial charge in [-0.15, -0.1) is 0 Å². The van der Waals surface area contributed by atoms with E-state index in [1.165, 1.54) is 40.5 Å². The van der Waals surface area contributed by atoms with Gasteiger partial charge in [0.25, 0.3) is 0 Å². The number of carboxylic acid groups (broad SMARTS) is 1. The van der Waals surface area contributed by atoms with Crippen molar-refractivity contribution in [2.24, 2.45) is 5.92 Å². The molecule has 5 aromatic carbocycles. The van der Waals surface area contributed by atoms with E-state index in [9.17, 15) is 29.7 Å². The predicted octanol–water partition coefficient (Wildman–Crippen LogP) is 6.40. The SMILES string of the molecule is COc1cccc2cc3c4c(cc(O)c3cc12)C[C@@H](C)CC4.O=C1c2ccccc2C(=O)c2c1cc(O)c(C(=O)O)c2O. The van der Waals surface area contributed by atoms with Crippen LogP contribution in [0.4, 0.5) is 0 Å². The zero-order chi connectivity index (χ0) is 30.6. The van der Waals surface area contributed by atoms with Crippen LogP contribution >= 0.6 is 0 Å². The lowest BCUT2D eigenvalue weighted by atomic mass is 9.82. The van der Waals surface area contributed by atoms with E-state index in [1.807, 2.05) is 18.2 Å². The minimum absolute atomic E-state index is 0.0901. The Morgan fingerprint density at radius 2 is 1.53 bits per heavy atom. The second-order valence-electron chi connectivity index (χ2n) is 11.0. The summed E-state index contributed by atoms with van der Waals surface area (Å²) in [6, 6.07) is 19.3. The number of aromatic carboxylic acids is 1. The number of aromatic hydroxyl groups is 3. The number of aryl methyl sites for hydroxylation is 1. The molecular formula is C35H28O8. The van der Waals surface area contributed by atoms with Crippen LogP contribution in [0, 0.1) is 5.92 Å². The van der Waals surface area contributed by atoms with Crippen LogP contribution in [0.25, 0.3) is 21.5 Å². The molecule has 0 bridgehead atoms. The number of phenolic OH excluding ortho intramolecular Hbond substituents is 1. The highest BCUT2D eigenvalue weighted by Crippen LogP contribution is 2.41. The fourth-order valence-electron chi connectivity index (χ4n) is 6.22. The van der Waals surface area contributed by atoms with E-state index in [0.29, 0.717) is 11.7 Å². The summed E-state index contributed by atoms with van der Waals surface area (Å²) in [7, 11) is 1.69. The Morgan fingerprint density at radius 1 is 0.814 bits per heavy atom. The van der Waals surface area contributed by atoms with Gasteiger partial charge in [0.2, 0.25) is 0 Å². The number of benzene rings is 5. The van der Waals surface area contributed by atoms with E-state index in [1.54, 1.807) is 19.2 Å². The number of ether oxygens (including phenoxy) is 1. The van der Waals surface area contributed by atoms with Gasteiger partial charge in [0.1, 0.15) is 28.6 Å². The maximum absolute atomic E-state index is 12.4. The maximum atomic E-state index is 12.4. The van der Waals surface area contributed by atoms with Crippen molar-refractivity contribution < 1.29 is 39.5 Å². The standard InChI is InChI=1S/C20H20O2.C15H8O6/c1-12-6-7-15-14(8-12)10-19(21)18-11-16-13(9-17(15)18)4-3-5-20(16)22-2;16-9-5-8-10(14(19)11(9)15(20)21)13(18)7-4-2-1-3-6(7)12(8)17/h3-5,9-12,21H,6-8H2,1-2H3;1-5,16,19H,(H,20,21)/t12-;/m0./s1. The average Bonchev–Trinajstić information content (AvgIpc) is 2.98. The molecule has 0 unspecified atom stereocenters. The van der Waals surface area contributed by atoms with Gasteiger partial charge in [0, 0.05) is 27.5 Å². The molecule has 5 aromatic rings. The van der Waals surface area contributed by atoms with E-state index < -0.39 is 40.2 Å². The minimum Gasteiger partial charge on any atom is -0.507 e. The van der Waals surface area contributed by atoms with E-state index in [2.05, 4.69) is 25.1 Å². The number of phenols is 3. The number of carbonyl (C=O) groups is 3. The Hall–Kier alpha value is -5.37. The number of ketones is 2. The molecule has 4 N–H and O–H groups in total. The van der Waals surface area contributed by atoms with Gasteiger partial charge < -0.3 is 25.2 Å². The van der Waals surface area contributed by atoms with E-state index in [4.69, 9.17) is 9.84 Å². The number of hydrogen-bond acceptors (Lipinski definition) is 7. The van der Waals surface area contributed by atoms with E-state index in [-0.39, 0.29) is 16.7 Å². The molecule has 8 heteroatoms. The van der Waals surface area contributed by atoms with Gasteiger partial charge in [-0.25, -0.2) is 4.79 Å². The average molecular weight is 577 g/mol. The summed E-state index contributed by atoms with van der Waals surface area (Å²) in [5.41, 5.74) is 1.56. The third kappa shape index (κ3) is 4.52. The van der Waals surface area contributed by atoms with Crippen molar-refractivity contribution >= 4 is 39.1 Å². The summed E-state index contributed by atoms with van der Waals surface area (Å²) in [6.07, 6.45) is 3.39. The van der Waals surface area contributed by atoms with Crippen molar-refractivity contribution in [1.82, 2.24) is 0 Å². The lowest BCUT2D eigenvalue weighted by Gasteiger charge is -2.24. The van der Waals surface area contributed by atoms with Crippen molar-refractivity contribution in [3.05, 3.63) is 106 Å². The molecule has 0 amide bonds. The first kappa shape index (κ1) is 27.8. The van der Waals surface area contributed by atoms with Crippen LogP contribution in [-0.2, 0) is 12.8 Å². The quantitative estimate of drug-likeness (QED) is 0.174. The molecular weight excluding hydrogens is 548 g/mol.